The molecule has 0 atom stereocenters. The third kappa shape index (κ3) is 5.58. The second kappa shape index (κ2) is 8.71. The van der Waals surface area contributed by atoms with Gasteiger partial charge in [-0.15, -0.1) is 5.53 Å². The van der Waals surface area contributed by atoms with Crippen molar-refractivity contribution >= 4 is 17.5 Å². The largest absolute Gasteiger partial charge is 0.405 e. The van der Waals surface area contributed by atoms with Crippen molar-refractivity contribution in [2.45, 2.75) is 25.4 Å². The molecule has 0 saturated carbocycles. The normalized spacial score (nSPS) is 14.3. The van der Waals surface area contributed by atoms with Crippen LogP contribution in [0.2, 0.25) is 0 Å². The van der Waals surface area contributed by atoms with E-state index in [0.29, 0.717) is 30.6 Å². The Labute approximate surface area is 152 Å². The average Bonchev–Trinajstić information content (AvgIpc) is 3.03. The van der Waals surface area contributed by atoms with Gasteiger partial charge < -0.3 is 11.1 Å². The summed E-state index contributed by atoms with van der Waals surface area (Å²) >= 11 is 0. The zero-order valence-corrected chi connectivity index (χ0v) is 14.2. The van der Waals surface area contributed by atoms with Crippen LogP contribution in [0.15, 0.2) is 35.7 Å². The molecule has 5 N–H and O–H groups in total. The number of alkyl halides is 4. The number of nitrogens with one attached hydrogen (secondary N) is 3. The van der Waals surface area contributed by atoms with Gasteiger partial charge in [0.05, 0.1) is 18.1 Å². The minimum atomic E-state index is -4.49. The summed E-state index contributed by atoms with van der Waals surface area (Å²) < 4.78 is 48.8. The van der Waals surface area contributed by atoms with E-state index in [1.807, 2.05) is 0 Å². The molecule has 0 radical (unpaired) electrons. The van der Waals surface area contributed by atoms with Crippen molar-refractivity contribution in [2.24, 2.45) is 5.73 Å². The van der Waals surface area contributed by atoms with Crippen LogP contribution < -0.4 is 27.0 Å². The van der Waals surface area contributed by atoms with Crippen molar-refractivity contribution in [3.63, 3.8) is 0 Å². The fraction of sp³-hybridized carbons (Fsp3) is 0.375. The topological polar surface area (TPSA) is 99.5 Å². The molecule has 1 aromatic rings. The lowest BCUT2D eigenvalue weighted by molar-refractivity contribution is -0.123. The maximum Gasteiger partial charge on any atom is 0.405 e. The number of hydrogen-bond acceptors (Lipinski definition) is 5. The summed E-state index contributed by atoms with van der Waals surface area (Å²) in [6.07, 6.45) is -3.32. The Bertz CT molecular complexity index is 719. The minimum absolute atomic E-state index is 0.0493. The number of anilines is 1. The summed E-state index contributed by atoms with van der Waals surface area (Å²) in [5.41, 5.74) is 11.9. The number of hydrazine groups is 2. The van der Waals surface area contributed by atoms with Crippen molar-refractivity contribution in [2.75, 3.05) is 18.2 Å². The maximum atomic E-state index is 12.3. The lowest BCUT2D eigenvalue weighted by Crippen LogP contribution is -2.39. The summed E-state index contributed by atoms with van der Waals surface area (Å²) in [7, 11) is 0. The van der Waals surface area contributed by atoms with Gasteiger partial charge in [0.1, 0.15) is 12.2 Å². The predicted molar refractivity (Wildman–Crippen MR) is 89.6 cm³/mol. The van der Waals surface area contributed by atoms with Crippen molar-refractivity contribution in [1.82, 2.24) is 16.3 Å². The quantitative estimate of drug-likeness (QED) is 0.400. The van der Waals surface area contributed by atoms with Crippen molar-refractivity contribution in [3.8, 4) is 0 Å². The number of rotatable bonds is 8. The Morgan fingerprint density at radius 2 is 1.81 bits per heavy atom. The fourth-order valence-electron chi connectivity index (χ4n) is 2.46. The van der Waals surface area contributed by atoms with Crippen LogP contribution in [0.3, 0.4) is 0 Å². The van der Waals surface area contributed by atoms with Gasteiger partial charge in [-0.1, -0.05) is 0 Å². The Morgan fingerprint density at radius 3 is 2.37 bits per heavy atom. The molecular weight excluding hydrogens is 370 g/mol. The standard InChI is InChI=1S/C16H19F4N5O2/c17-8-2-1-3-12-13(14(21)26)23-24-25(12)11-6-4-10(5-7-11)15(27)22-9-16(18,19)20/h4-7,23-24H,1-3,8-9H2,(H2,21,26)(H,22,27). The Kier molecular flexibility index (Phi) is 6.61. The molecule has 27 heavy (non-hydrogen) atoms. The summed E-state index contributed by atoms with van der Waals surface area (Å²) in [5, 5.41) is 3.29. The van der Waals surface area contributed by atoms with Gasteiger partial charge in [0.2, 0.25) is 0 Å². The first-order valence-electron chi connectivity index (χ1n) is 8.08. The third-order valence-corrected chi connectivity index (χ3v) is 3.73. The number of halogens is 4. The number of nitrogens with zero attached hydrogens (tertiary/aromatic N) is 1. The maximum absolute atomic E-state index is 12.3. The molecule has 2 amide bonds. The molecular formula is C16H19F4N5O2. The molecule has 0 saturated heterocycles. The van der Waals surface area contributed by atoms with E-state index in [9.17, 15) is 27.2 Å². The first kappa shape index (κ1) is 20.5. The molecule has 11 heteroatoms. The first-order chi connectivity index (χ1) is 12.7. The SMILES string of the molecule is NC(=O)C1=C(CCCCF)N(c2ccc(C(=O)NCC(F)(F)F)cc2)NN1. The monoisotopic (exact) mass is 389 g/mol. The third-order valence-electron chi connectivity index (χ3n) is 3.73. The number of carbonyl (C=O) groups is 2. The average molecular weight is 389 g/mol. The van der Waals surface area contributed by atoms with E-state index in [0.717, 1.165) is 0 Å². The van der Waals surface area contributed by atoms with Crippen molar-refractivity contribution in [1.29, 1.82) is 0 Å². The van der Waals surface area contributed by atoms with Crippen LogP contribution in [-0.4, -0.2) is 31.2 Å². The van der Waals surface area contributed by atoms with Crippen LogP contribution in [0.25, 0.3) is 0 Å². The van der Waals surface area contributed by atoms with E-state index in [4.69, 9.17) is 5.73 Å². The Morgan fingerprint density at radius 1 is 1.15 bits per heavy atom. The van der Waals surface area contributed by atoms with Gasteiger partial charge in [-0.05, 0) is 43.5 Å². The number of nitrogens with two attached hydrogens (primary N) is 1. The first-order valence-corrected chi connectivity index (χ1v) is 8.08. The smallest absolute Gasteiger partial charge is 0.364 e. The van der Waals surface area contributed by atoms with Gasteiger partial charge in [0.25, 0.3) is 11.8 Å². The molecule has 2 rings (SSSR count). The fourth-order valence-corrected chi connectivity index (χ4v) is 2.46. The molecule has 0 aromatic heterocycles. The van der Waals surface area contributed by atoms with Gasteiger partial charge in [-0.3, -0.25) is 24.4 Å². The van der Waals surface area contributed by atoms with Crippen LogP contribution in [-0.2, 0) is 4.79 Å². The zero-order chi connectivity index (χ0) is 20.0. The number of amides is 2. The number of primary amides is 1. The van der Waals surface area contributed by atoms with Gasteiger partial charge in [-0.2, -0.15) is 13.2 Å². The molecule has 0 fully saturated rings. The number of benzene rings is 1. The molecule has 1 aliphatic rings. The molecule has 7 nitrogen and oxygen atoms in total. The Balaban J connectivity index is 2.12. The van der Waals surface area contributed by atoms with E-state index >= 15 is 0 Å². The van der Waals surface area contributed by atoms with Crippen molar-refractivity contribution < 1.29 is 27.2 Å². The highest BCUT2D eigenvalue weighted by Gasteiger charge is 2.28. The molecule has 1 aromatic carbocycles. The van der Waals surface area contributed by atoms with Crippen molar-refractivity contribution in [3.05, 3.63) is 41.2 Å². The number of hydrogen-bond donors (Lipinski definition) is 4. The predicted octanol–water partition coefficient (Wildman–Crippen LogP) is 1.64. The minimum Gasteiger partial charge on any atom is -0.364 e. The van der Waals surface area contributed by atoms with Crippen LogP contribution in [0.1, 0.15) is 29.6 Å². The summed E-state index contributed by atoms with van der Waals surface area (Å²) in [6.45, 7) is -1.91. The number of unbranched alkanes of at least 4 members (excludes halogenated alkanes) is 1. The second-order valence-electron chi connectivity index (χ2n) is 5.75. The second-order valence-corrected chi connectivity index (χ2v) is 5.75. The van der Waals surface area contributed by atoms with E-state index in [1.54, 1.807) is 5.32 Å². The summed E-state index contributed by atoms with van der Waals surface area (Å²) in [6, 6.07) is 5.70. The van der Waals surface area contributed by atoms with Crippen LogP contribution in [0, 0.1) is 0 Å². The van der Waals surface area contributed by atoms with Gasteiger partial charge >= 0.3 is 6.18 Å². The summed E-state index contributed by atoms with van der Waals surface area (Å²) in [5.74, 6) is -1.55. The summed E-state index contributed by atoms with van der Waals surface area (Å²) in [4.78, 5) is 23.3. The molecule has 0 unspecified atom stereocenters. The molecule has 0 aliphatic carbocycles. The van der Waals surface area contributed by atoms with Crippen LogP contribution in [0.5, 0.6) is 0 Å². The van der Waals surface area contributed by atoms with E-state index in [2.05, 4.69) is 11.0 Å². The van der Waals surface area contributed by atoms with Gasteiger partial charge in [0.15, 0.2) is 0 Å². The highest BCUT2D eigenvalue weighted by molar-refractivity contribution is 5.95. The number of allylic oxidation sites excluding steroid dienone is 1. The number of carbonyl (C=O) groups excluding carboxylic acids is 2. The molecule has 1 aliphatic heterocycles. The highest BCUT2D eigenvalue weighted by Crippen LogP contribution is 2.26. The Hall–Kier alpha value is -2.82. The lowest BCUT2D eigenvalue weighted by Gasteiger charge is -2.21. The highest BCUT2D eigenvalue weighted by atomic mass is 19.4. The van der Waals surface area contributed by atoms with E-state index in [-0.39, 0.29) is 11.3 Å². The lowest BCUT2D eigenvalue weighted by atomic mass is 10.1. The van der Waals surface area contributed by atoms with Gasteiger partial charge in [0, 0.05) is 5.56 Å². The van der Waals surface area contributed by atoms with Crippen LogP contribution >= 0.6 is 0 Å². The zero-order valence-electron chi connectivity index (χ0n) is 14.2. The van der Waals surface area contributed by atoms with Crippen LogP contribution in [0.4, 0.5) is 23.2 Å². The molecule has 0 bridgehead atoms. The molecule has 0 spiro atoms. The molecule has 148 valence electrons. The van der Waals surface area contributed by atoms with Gasteiger partial charge in [-0.25, -0.2) is 0 Å². The van der Waals surface area contributed by atoms with E-state index < -0.39 is 31.2 Å². The van der Waals surface area contributed by atoms with E-state index in [1.165, 1.54) is 29.3 Å². The molecule has 1 heterocycles.